The molecular formula is C66H86N4O2S6. The van der Waals surface area contributed by atoms with Gasteiger partial charge in [-0.3, -0.25) is 9.59 Å². The quantitative estimate of drug-likeness (QED) is 0.0371. The molecule has 2 atom stereocenters. The van der Waals surface area contributed by atoms with Crippen LogP contribution in [-0.2, 0) is 22.4 Å². The van der Waals surface area contributed by atoms with Crippen molar-refractivity contribution in [2.24, 2.45) is 11.8 Å². The highest BCUT2D eigenvalue weighted by Gasteiger charge is 2.50. The molecule has 0 saturated heterocycles. The minimum absolute atomic E-state index is 0.0163. The Labute approximate surface area is 491 Å². The smallest absolute Gasteiger partial charge is 0.261 e. The molecule has 7 aromatic rings. The van der Waals surface area contributed by atoms with Gasteiger partial charge in [0.2, 0.25) is 0 Å². The van der Waals surface area contributed by atoms with Crippen LogP contribution in [0.15, 0.2) is 70.7 Å². The lowest BCUT2D eigenvalue weighted by atomic mass is 9.98. The lowest BCUT2D eigenvalue weighted by Crippen LogP contribution is -2.34. The maximum atomic E-state index is 15.4. The Balaban J connectivity index is 1.11. The van der Waals surface area contributed by atoms with Crippen LogP contribution in [0.3, 0.4) is 0 Å². The maximum Gasteiger partial charge on any atom is 0.261 e. The predicted molar refractivity (Wildman–Crippen MR) is 344 cm³/mol. The van der Waals surface area contributed by atoms with Gasteiger partial charge < -0.3 is 9.80 Å². The van der Waals surface area contributed by atoms with Gasteiger partial charge in [-0.2, -0.15) is 0 Å². The summed E-state index contributed by atoms with van der Waals surface area (Å²) < 4.78 is 2.54. The molecule has 0 bridgehead atoms. The van der Waals surface area contributed by atoms with E-state index in [4.69, 9.17) is 9.97 Å². The molecule has 0 fully saturated rings. The topological polar surface area (TPSA) is 66.4 Å². The van der Waals surface area contributed by atoms with Gasteiger partial charge in [0.15, 0.2) is 0 Å². The minimum Gasteiger partial charge on any atom is -0.306 e. The summed E-state index contributed by atoms with van der Waals surface area (Å²) >= 11 is 10.8. The highest BCUT2D eigenvalue weighted by atomic mass is 32.1. The Morgan fingerprint density at radius 2 is 0.962 bits per heavy atom. The second-order valence-corrected chi connectivity index (χ2v) is 28.5. The van der Waals surface area contributed by atoms with Crippen LogP contribution in [-0.4, -0.2) is 44.7 Å². The van der Waals surface area contributed by atoms with Crippen LogP contribution in [0, 0.1) is 11.8 Å². The van der Waals surface area contributed by atoms with Crippen LogP contribution in [0.5, 0.6) is 0 Å². The molecule has 12 heteroatoms. The van der Waals surface area contributed by atoms with Crippen molar-refractivity contribution in [3.05, 3.63) is 90.2 Å². The Morgan fingerprint density at radius 3 is 1.47 bits per heavy atom. The molecule has 2 aliphatic heterocycles. The zero-order valence-corrected chi connectivity index (χ0v) is 52.7. The second-order valence-electron chi connectivity index (χ2n) is 22.2. The molecule has 78 heavy (non-hydrogen) atoms. The van der Waals surface area contributed by atoms with Gasteiger partial charge in [0, 0.05) is 76.3 Å². The average molecular weight is 1160 g/mol. The summed E-state index contributed by atoms with van der Waals surface area (Å²) in [6.45, 7) is 14.8. The lowest BCUT2D eigenvalue weighted by molar-refractivity contribution is -0.124. The molecule has 2 aliphatic rings. The van der Waals surface area contributed by atoms with Gasteiger partial charge in [0.1, 0.15) is 10.0 Å². The number of thiazole rings is 2. The number of aryl methyl sites for hydroxylation is 2. The standard InChI is InChI=1S/C66H86N4O2S6/c1-7-13-17-19-21-23-25-27-32-47-41-67-63(75-47)55-49-37-39-74-61(49)56(64-68-42-48(76-64)33-28-26-24-22-20-18-14-8-2)50-40-54(78-62(50)55)51-35-36-53(77-51)60-58-57(65(71)70(60)44-46(12-6)31-16-10-4)59(52-34-29-38-73-52)69(66(58)72)43-45(11-5)30-15-9-3/h29,34-42,45-46H,7-28,30-33,43-44H2,1-6H3. The van der Waals surface area contributed by atoms with Crippen LogP contribution in [0.4, 0.5) is 0 Å². The number of carbonyl (C=O) groups is 2. The molecule has 9 rings (SSSR count). The second kappa shape index (κ2) is 29.3. The van der Waals surface area contributed by atoms with Crippen molar-refractivity contribution in [1.82, 2.24) is 19.8 Å². The van der Waals surface area contributed by atoms with Crippen molar-refractivity contribution in [2.75, 3.05) is 13.1 Å². The SMILES string of the molecule is CCCCCCCCCCc1cnc(-c2c3cc(-c4ccc(C5=C6C(=O)N(CC(CC)CCCC)C(c7cccs7)=C6C(=O)N5CC(CC)CCCC)s4)sc3c(-c3ncc(CCCCCCCCCC)s3)c3ccsc23)s1. The van der Waals surface area contributed by atoms with Crippen LogP contribution < -0.4 is 0 Å². The third kappa shape index (κ3) is 13.6. The van der Waals surface area contributed by atoms with Crippen molar-refractivity contribution >= 4 is 111 Å². The van der Waals surface area contributed by atoms with Gasteiger partial charge in [-0.05, 0) is 91.5 Å². The number of unbranched alkanes of at least 4 members (excludes halogenated alkanes) is 16. The number of amides is 2. The first-order valence-corrected chi connectivity index (χ1v) is 35.5. The van der Waals surface area contributed by atoms with E-state index >= 15 is 9.59 Å². The van der Waals surface area contributed by atoms with Crippen molar-refractivity contribution in [1.29, 1.82) is 0 Å². The van der Waals surface area contributed by atoms with Gasteiger partial charge in [-0.15, -0.1) is 68.0 Å². The molecular weight excluding hydrogens is 1070 g/mol. The minimum atomic E-state index is -0.0163. The summed E-state index contributed by atoms with van der Waals surface area (Å²) in [5.41, 5.74) is 5.33. The Morgan fingerprint density at radius 1 is 0.462 bits per heavy atom. The molecule has 418 valence electrons. The monoisotopic (exact) mass is 1160 g/mol. The molecule has 2 amide bonds. The first-order chi connectivity index (χ1) is 38.3. The Hall–Kier alpha value is -3.78. The molecule has 0 saturated carbocycles. The summed E-state index contributed by atoms with van der Waals surface area (Å²) in [4.78, 5) is 52.3. The third-order valence-electron chi connectivity index (χ3n) is 16.5. The van der Waals surface area contributed by atoms with Gasteiger partial charge >= 0.3 is 0 Å². The number of rotatable bonds is 35. The molecule has 6 nitrogen and oxygen atoms in total. The molecule has 8 heterocycles. The summed E-state index contributed by atoms with van der Waals surface area (Å²) in [6, 6.07) is 13.4. The summed E-state index contributed by atoms with van der Waals surface area (Å²) in [5.74, 6) is 0.667. The van der Waals surface area contributed by atoms with Crippen LogP contribution >= 0.6 is 68.0 Å². The third-order valence-corrected chi connectivity index (χ3v) is 22.9. The van der Waals surface area contributed by atoms with Crippen molar-refractivity contribution < 1.29 is 9.59 Å². The van der Waals surface area contributed by atoms with Gasteiger partial charge in [0.05, 0.1) is 32.3 Å². The van der Waals surface area contributed by atoms with Crippen molar-refractivity contribution in [2.45, 2.75) is 208 Å². The number of thiophene rings is 4. The molecule has 0 aliphatic carbocycles. The van der Waals surface area contributed by atoms with Crippen LogP contribution in [0.1, 0.15) is 215 Å². The molecule has 1 aromatic carbocycles. The lowest BCUT2D eigenvalue weighted by Gasteiger charge is -2.29. The molecule has 0 N–H and O–H groups in total. The van der Waals surface area contributed by atoms with E-state index in [1.807, 2.05) is 55.1 Å². The van der Waals surface area contributed by atoms with E-state index < -0.39 is 0 Å². The van der Waals surface area contributed by atoms with E-state index in [1.165, 1.54) is 149 Å². The normalized spacial score (nSPS) is 14.7. The zero-order valence-electron chi connectivity index (χ0n) is 47.8. The fraction of sp³-hybridized carbons (Fsp3) is 0.545. The number of aromatic nitrogens is 2. The van der Waals surface area contributed by atoms with Gasteiger partial charge in [-0.25, -0.2) is 9.97 Å². The van der Waals surface area contributed by atoms with Crippen molar-refractivity contribution in [3.8, 4) is 30.9 Å². The highest BCUT2D eigenvalue weighted by Crippen LogP contribution is 2.54. The highest BCUT2D eigenvalue weighted by molar-refractivity contribution is 7.28. The molecule has 2 unspecified atom stereocenters. The van der Waals surface area contributed by atoms with E-state index in [0.29, 0.717) is 36.1 Å². The average Bonchev–Trinajstić information content (AvgIpc) is 4.48. The number of fused-ring (bicyclic) bond motifs is 3. The summed E-state index contributed by atoms with van der Waals surface area (Å²) in [7, 11) is 0. The van der Waals surface area contributed by atoms with E-state index in [2.05, 4.69) is 101 Å². The van der Waals surface area contributed by atoms with Gasteiger partial charge in [-0.1, -0.05) is 176 Å². The van der Waals surface area contributed by atoms with Crippen LogP contribution in [0.2, 0.25) is 0 Å². The van der Waals surface area contributed by atoms with Crippen LogP contribution in [0.25, 0.3) is 62.5 Å². The molecule has 0 radical (unpaired) electrons. The number of nitrogens with zero attached hydrogens (tertiary/aromatic N) is 4. The number of benzene rings is 1. The van der Waals surface area contributed by atoms with Crippen molar-refractivity contribution in [3.63, 3.8) is 0 Å². The number of hydrogen-bond donors (Lipinski definition) is 0. The first-order valence-electron chi connectivity index (χ1n) is 30.5. The van der Waals surface area contributed by atoms with E-state index in [9.17, 15) is 0 Å². The predicted octanol–water partition coefficient (Wildman–Crippen LogP) is 21.8. The fourth-order valence-corrected chi connectivity index (χ4v) is 18.1. The first kappa shape index (κ1) is 58.9. The number of carbonyl (C=O) groups excluding carboxylic acids is 2. The van der Waals surface area contributed by atoms with Gasteiger partial charge in [0.25, 0.3) is 11.8 Å². The zero-order chi connectivity index (χ0) is 54.4. The maximum absolute atomic E-state index is 15.4. The van der Waals surface area contributed by atoms with E-state index in [1.54, 1.807) is 22.7 Å². The number of hydrogen-bond acceptors (Lipinski definition) is 10. The summed E-state index contributed by atoms with van der Waals surface area (Å²) in [6.07, 6.45) is 36.1. The largest absolute Gasteiger partial charge is 0.306 e. The van der Waals surface area contributed by atoms with E-state index in [-0.39, 0.29) is 11.8 Å². The summed E-state index contributed by atoms with van der Waals surface area (Å²) in [5, 5.41) is 9.05. The molecule has 0 spiro atoms. The Kier molecular flexibility index (Phi) is 22.1. The Bertz CT molecular complexity index is 2990. The molecule has 6 aromatic heterocycles. The van der Waals surface area contributed by atoms with E-state index in [0.717, 1.165) is 100 Å². The fourth-order valence-electron chi connectivity index (χ4n) is 11.8.